The Morgan fingerprint density at radius 2 is 1.04 bits per heavy atom. The van der Waals surface area contributed by atoms with Crippen molar-refractivity contribution in [2.75, 3.05) is 27.4 Å². The first-order valence-corrected chi connectivity index (χ1v) is 32.3. The van der Waals surface area contributed by atoms with Crippen molar-refractivity contribution in [1.29, 1.82) is 0 Å². The predicted molar refractivity (Wildman–Crippen MR) is 357 cm³/mol. The van der Waals surface area contributed by atoms with E-state index in [9.17, 15) is 19.8 Å². The predicted octanol–water partition coefficient (Wildman–Crippen LogP) is 7.32. The van der Waals surface area contributed by atoms with Gasteiger partial charge in [-0.3, -0.25) is 14.4 Å². The molecule has 0 aromatic heterocycles. The maximum Gasteiger partial charge on any atom is 2.00 e. The minimum absolute atomic E-state index is 0. The van der Waals surface area contributed by atoms with Crippen LogP contribution in [0.4, 0.5) is 0 Å². The fourth-order valence-corrected chi connectivity index (χ4v) is 19.2. The summed E-state index contributed by atoms with van der Waals surface area (Å²) in [7, 11) is 35.1. The maximum atomic E-state index is 13.8. The molecule has 8 aliphatic carbocycles. The molecule has 13 rings (SSSR count). The second kappa shape index (κ2) is 30.6. The maximum absolute atomic E-state index is 13.8. The second-order valence-electron chi connectivity index (χ2n) is 28.5. The molecule has 2 N–H and O–H groups in total. The number of carbonyl (C=O) groups excluding carboxylic acids is 2. The molecule has 1 amide bonds. The van der Waals surface area contributed by atoms with E-state index in [1.54, 1.807) is 14.2 Å². The molecule has 1 heterocycles. The number of ether oxygens (including phenoxy) is 1. The molecule has 4 aromatic rings. The Morgan fingerprint density at radius 3 is 1.49 bits per heavy atom. The van der Waals surface area contributed by atoms with Crippen LogP contribution in [0.3, 0.4) is 0 Å². The molecule has 9 aliphatic rings. The van der Waals surface area contributed by atoms with Crippen LogP contribution < -0.4 is 17.0 Å². The smallest absolute Gasteiger partial charge is 1.00 e. The van der Waals surface area contributed by atoms with E-state index in [4.69, 9.17) is 56.0 Å². The topological polar surface area (TPSA) is 96.3 Å². The molecular formula is C66H90B10BrMgNO6. The third kappa shape index (κ3) is 16.1. The molecule has 16 atom stereocenters. The number of aliphatic hydroxyl groups is 2. The SMILES string of the molecule is C1CCOC1.CON(C)C(=O)[C@H]1CC[C@H]2[C@@H]3CC[C@H]4C[C@](C)(O)CC[C@@H]4[C@H]3CC[C@]12C.C[C@@]1(O)CC[C@H]2[C@@H](CC[C@@H]3[C@@H]2CC[C@]2(C)[C@@H](C(=O)c4ccc5ccccc5c4)CC[C@@H]32)C1.[B]B([B])B(B([B])[B])B([B])[B].[Br-].[Mg+2].[c-]1ccc2ccccc2c1. The molecule has 0 spiro atoms. The first kappa shape index (κ1) is 70.7. The van der Waals surface area contributed by atoms with Crippen molar-refractivity contribution in [1.82, 2.24) is 5.06 Å². The van der Waals surface area contributed by atoms with Crippen molar-refractivity contribution in [2.45, 2.75) is 167 Å². The number of rotatable bonds is 7. The van der Waals surface area contributed by atoms with Crippen LogP contribution in [0.15, 0.2) is 84.9 Å². The summed E-state index contributed by atoms with van der Waals surface area (Å²) in [5, 5.41) is 27.5. The number of ketones is 1. The van der Waals surface area contributed by atoms with Crippen molar-refractivity contribution < 1.29 is 46.4 Å². The number of hydroxylamine groups is 2. The molecule has 4 aromatic carbocycles. The monoisotopic (exact) mass is 1210 g/mol. The summed E-state index contributed by atoms with van der Waals surface area (Å²) in [5.41, 5.74) is 0.347. The number of hydrogen-bond donors (Lipinski definition) is 2. The molecule has 1 aliphatic heterocycles. The van der Waals surface area contributed by atoms with Crippen LogP contribution in [0.2, 0.25) is 0 Å². The molecule has 434 valence electrons. The Balaban J connectivity index is 0.000000173. The number of nitrogens with zero attached hydrogens (tertiary/aromatic N) is 1. The summed E-state index contributed by atoms with van der Waals surface area (Å²) < 4.78 is 4.94. The fourth-order valence-electron chi connectivity index (χ4n) is 19.2. The first-order valence-electron chi connectivity index (χ1n) is 32.3. The van der Waals surface area contributed by atoms with Crippen LogP contribution in [-0.4, -0.2) is 161 Å². The van der Waals surface area contributed by atoms with E-state index < -0.39 is 36.7 Å². The molecule has 7 nitrogen and oxygen atoms in total. The number of hydrogen-bond acceptors (Lipinski definition) is 6. The number of amides is 1. The minimum Gasteiger partial charge on any atom is -1.00 e. The molecule has 9 fully saturated rings. The largest absolute Gasteiger partial charge is 2.00 e. The van der Waals surface area contributed by atoms with Gasteiger partial charge in [0.1, 0.15) is 0 Å². The van der Waals surface area contributed by atoms with E-state index in [2.05, 4.69) is 80.6 Å². The number of benzene rings is 4. The van der Waals surface area contributed by atoms with E-state index in [0.29, 0.717) is 17.6 Å². The summed E-state index contributed by atoms with van der Waals surface area (Å²) in [6.45, 7) is 10.9. The van der Waals surface area contributed by atoms with Crippen LogP contribution in [-0.2, 0) is 14.4 Å². The van der Waals surface area contributed by atoms with Crippen LogP contribution in [0.1, 0.15) is 166 Å². The van der Waals surface area contributed by atoms with Gasteiger partial charge in [-0.25, -0.2) is 5.06 Å². The van der Waals surface area contributed by atoms with E-state index >= 15 is 0 Å². The summed E-state index contributed by atoms with van der Waals surface area (Å²) >= 11 is 0. The summed E-state index contributed by atoms with van der Waals surface area (Å²) in [5.74, 6) is 8.61. The van der Waals surface area contributed by atoms with Crippen LogP contribution in [0.25, 0.3) is 21.5 Å². The summed E-state index contributed by atoms with van der Waals surface area (Å²) in [6.07, 6.45) is 21.2. The molecule has 85 heavy (non-hydrogen) atoms. The van der Waals surface area contributed by atoms with Gasteiger partial charge in [-0.2, -0.15) is 24.3 Å². The van der Waals surface area contributed by atoms with E-state index in [1.165, 1.54) is 116 Å². The van der Waals surface area contributed by atoms with Gasteiger partial charge in [0.2, 0.25) is 5.91 Å². The van der Waals surface area contributed by atoms with Gasteiger partial charge in [-0.1, -0.05) is 68.4 Å². The average Bonchev–Trinajstić information content (AvgIpc) is 1.82. The molecule has 8 saturated carbocycles. The summed E-state index contributed by atoms with van der Waals surface area (Å²) in [6, 6.07) is 32.0. The quantitative estimate of drug-likeness (QED) is 0.0873. The average molecular weight is 1210 g/mol. The van der Waals surface area contributed by atoms with Crippen molar-refractivity contribution >= 4 is 128 Å². The third-order valence-electron chi connectivity index (χ3n) is 23.5. The number of halogens is 1. The van der Waals surface area contributed by atoms with Gasteiger partial charge in [0, 0.05) is 110 Å². The zero-order valence-electron chi connectivity index (χ0n) is 52.4. The normalized spacial score (nSPS) is 35.3. The van der Waals surface area contributed by atoms with Gasteiger partial charge in [0.05, 0.1) is 18.3 Å². The minimum atomic E-state index is -0.667. The van der Waals surface area contributed by atoms with Crippen molar-refractivity contribution in [3.63, 3.8) is 0 Å². The van der Waals surface area contributed by atoms with Gasteiger partial charge in [-0.05, 0) is 229 Å². The Kier molecular flexibility index (Phi) is 25.5. The third-order valence-corrected chi connectivity index (χ3v) is 23.5. The zero-order chi connectivity index (χ0) is 59.4. The first-order chi connectivity index (χ1) is 39.6. The Bertz CT molecular complexity index is 2710. The zero-order valence-corrected chi connectivity index (χ0v) is 55.4. The molecule has 19 heteroatoms. The van der Waals surface area contributed by atoms with Gasteiger partial charge in [-0.15, -0.1) is 16.8 Å². The van der Waals surface area contributed by atoms with Crippen LogP contribution >= 0.6 is 0 Å². The molecule has 0 unspecified atom stereocenters. The van der Waals surface area contributed by atoms with Crippen molar-refractivity contribution in [2.24, 2.45) is 81.8 Å². The molecule has 1 saturated heterocycles. The number of Topliss-reactive ketones (excluding diaryl/α,β-unsaturated/α-hetero) is 1. The van der Waals surface area contributed by atoms with Gasteiger partial charge >= 0.3 is 23.1 Å². The summed E-state index contributed by atoms with van der Waals surface area (Å²) in [4.78, 5) is 31.9. The van der Waals surface area contributed by atoms with E-state index in [0.717, 1.165) is 105 Å². The fraction of sp³-hybridized carbons (Fsp3) is 0.667. The Hall–Kier alpha value is -1.72. The van der Waals surface area contributed by atoms with Crippen LogP contribution in [0.5, 0.6) is 0 Å². The van der Waals surface area contributed by atoms with Crippen LogP contribution in [0, 0.1) is 87.9 Å². The van der Waals surface area contributed by atoms with E-state index in [-0.39, 0.29) is 68.6 Å². The molecule has 12 radical (unpaired) electrons. The van der Waals surface area contributed by atoms with Gasteiger partial charge in [0.15, 0.2) is 5.78 Å². The molecular weight excluding hydrogens is 1120 g/mol. The second-order valence-corrected chi connectivity index (χ2v) is 28.5. The number of fused-ring (bicyclic) bond motifs is 12. The van der Waals surface area contributed by atoms with Crippen molar-refractivity contribution in [3.8, 4) is 0 Å². The Morgan fingerprint density at radius 1 is 0.576 bits per heavy atom. The number of carbonyl (C=O) groups is 2. The van der Waals surface area contributed by atoms with E-state index in [1.807, 2.05) is 38.1 Å². The van der Waals surface area contributed by atoms with Gasteiger partial charge < -0.3 is 31.9 Å². The van der Waals surface area contributed by atoms with Crippen molar-refractivity contribution in [3.05, 3.63) is 96.6 Å². The Labute approximate surface area is 548 Å². The standard InChI is InChI=1S/C30H38O2.C22H37NO3.C10H7.C4H8O.B10.BrH.Mg/c1-29(32)15-13-23-22(18-29)9-10-25-24(23)14-16-30(2)26(25)11-12-27(30)28(31)21-8-7-19-5-3-4-6-20(19)17-21;1-21(25)11-9-15-14(13-21)5-6-17-16(15)10-12-22(2)18(17)7-8-19(22)20(24)23(3)26-4;1-2-6-10-8-4-3-7-9(10)5-1;1-2-4-5-3-1;1-7(2)10(8(3)4)9(5)6;;/h3-8,17,22-27,32H,9-16,18H2,1-2H3;14-19,25H,5-13H2,1-4H3;1-3,5-8H;1-4H2;;1H;/q;;-1;;;;+2/p-1/t22-,23-,24+,25+,26-,27+,29+,30-;14-,15-,16+,17+,18-,19+,21+,22-;;;;;/m00...../s1. The molecule has 0 bridgehead atoms. The van der Waals surface area contributed by atoms with Gasteiger partial charge in [0.25, 0.3) is 0 Å².